The number of nitrogens with one attached hydrogen (secondary N) is 1. The van der Waals surface area contributed by atoms with E-state index in [4.69, 9.17) is 11.6 Å². The molecule has 4 nitrogen and oxygen atoms in total. The molecular weight excluding hydrogens is 332 g/mol. The smallest absolute Gasteiger partial charge is 0.262 e. The Kier molecular flexibility index (Phi) is 4.97. The summed E-state index contributed by atoms with van der Waals surface area (Å²) in [7, 11) is 0. The zero-order valence-electron chi connectivity index (χ0n) is 13.0. The lowest BCUT2D eigenvalue weighted by atomic mass is 10.00. The van der Waals surface area contributed by atoms with Gasteiger partial charge in [-0.05, 0) is 43.9 Å². The Hall–Kier alpha value is -1.46. The van der Waals surface area contributed by atoms with E-state index in [0.717, 1.165) is 30.7 Å². The van der Waals surface area contributed by atoms with Crippen molar-refractivity contribution in [2.75, 3.05) is 11.9 Å². The van der Waals surface area contributed by atoms with Crippen LogP contribution in [0.1, 0.15) is 32.6 Å². The number of likely N-dealkylation sites (tertiary alicyclic amines) is 1. The molecule has 1 fully saturated rings. The monoisotopic (exact) mass is 350 g/mol. The van der Waals surface area contributed by atoms with Gasteiger partial charge in [0.05, 0.1) is 10.6 Å². The topological polar surface area (TPSA) is 49.4 Å². The van der Waals surface area contributed by atoms with E-state index in [0.29, 0.717) is 15.6 Å². The lowest BCUT2D eigenvalue weighted by molar-refractivity contribution is -0.129. The van der Waals surface area contributed by atoms with Crippen LogP contribution in [0.5, 0.6) is 0 Å². The van der Waals surface area contributed by atoms with Gasteiger partial charge in [-0.3, -0.25) is 9.59 Å². The number of thioether (sulfide) groups is 1. The maximum absolute atomic E-state index is 12.6. The number of piperidine rings is 1. The number of amides is 2. The number of halogens is 1. The van der Waals surface area contributed by atoms with Gasteiger partial charge in [-0.25, -0.2) is 0 Å². The van der Waals surface area contributed by atoms with Crippen molar-refractivity contribution in [3.63, 3.8) is 0 Å². The lowest BCUT2D eigenvalue weighted by Crippen LogP contribution is -2.42. The fourth-order valence-corrected chi connectivity index (χ4v) is 4.11. The summed E-state index contributed by atoms with van der Waals surface area (Å²) in [4.78, 5) is 28.0. The molecule has 0 radical (unpaired) electrons. The summed E-state index contributed by atoms with van der Waals surface area (Å²) in [5, 5.41) is 3.38. The minimum absolute atomic E-state index is 0.0633. The fraction of sp³-hybridized carbons (Fsp3) is 0.412. The number of anilines is 1. The Bertz CT molecular complexity index is 675. The zero-order valence-corrected chi connectivity index (χ0v) is 14.5. The first-order chi connectivity index (χ1) is 11.1. The van der Waals surface area contributed by atoms with E-state index in [9.17, 15) is 9.59 Å². The van der Waals surface area contributed by atoms with Crippen molar-refractivity contribution in [3.05, 3.63) is 34.2 Å². The molecule has 23 heavy (non-hydrogen) atoms. The van der Waals surface area contributed by atoms with E-state index >= 15 is 0 Å². The molecule has 2 aliphatic rings. The van der Waals surface area contributed by atoms with Crippen LogP contribution in [0.3, 0.4) is 0 Å². The number of benzene rings is 1. The molecule has 0 aliphatic carbocycles. The van der Waals surface area contributed by atoms with Crippen LogP contribution in [0, 0.1) is 0 Å². The van der Waals surface area contributed by atoms with Crippen LogP contribution in [0.25, 0.3) is 0 Å². The Labute approximate surface area is 145 Å². The summed E-state index contributed by atoms with van der Waals surface area (Å²) in [6.45, 7) is 2.88. The van der Waals surface area contributed by atoms with E-state index in [-0.39, 0.29) is 17.9 Å². The van der Waals surface area contributed by atoms with Gasteiger partial charge in [-0.2, -0.15) is 0 Å². The van der Waals surface area contributed by atoms with Gasteiger partial charge in [0.2, 0.25) is 5.91 Å². The molecule has 1 atom stereocenters. The van der Waals surface area contributed by atoms with Gasteiger partial charge in [-0.15, -0.1) is 0 Å². The van der Waals surface area contributed by atoms with Gasteiger partial charge in [-0.1, -0.05) is 30.3 Å². The third-order valence-corrected chi connectivity index (χ3v) is 5.60. The number of carbonyl (C=O) groups is 2. The van der Waals surface area contributed by atoms with E-state index in [2.05, 4.69) is 12.2 Å². The summed E-state index contributed by atoms with van der Waals surface area (Å²) >= 11 is 7.26. The van der Waals surface area contributed by atoms with Crippen molar-refractivity contribution in [2.24, 2.45) is 0 Å². The number of rotatable bonds is 2. The highest BCUT2D eigenvalue weighted by molar-refractivity contribution is 8.04. The number of hydrogen-bond donors (Lipinski definition) is 1. The Morgan fingerprint density at radius 1 is 1.48 bits per heavy atom. The van der Waals surface area contributed by atoms with Crippen LogP contribution >= 0.6 is 23.4 Å². The molecule has 1 unspecified atom stereocenters. The average Bonchev–Trinajstić information content (AvgIpc) is 2.55. The van der Waals surface area contributed by atoms with E-state index < -0.39 is 0 Å². The maximum atomic E-state index is 12.6. The third kappa shape index (κ3) is 3.56. The van der Waals surface area contributed by atoms with E-state index in [1.54, 1.807) is 12.1 Å². The first-order valence-electron chi connectivity index (χ1n) is 7.89. The molecule has 0 aromatic heterocycles. The number of carbonyl (C=O) groups excluding carboxylic acids is 2. The zero-order chi connectivity index (χ0) is 16.4. The Morgan fingerprint density at radius 2 is 2.30 bits per heavy atom. The largest absolute Gasteiger partial charge is 0.336 e. The second-order valence-corrected chi connectivity index (χ2v) is 7.31. The minimum Gasteiger partial charge on any atom is -0.336 e. The first-order valence-corrected chi connectivity index (χ1v) is 9.09. The molecule has 2 aliphatic heterocycles. The summed E-state index contributed by atoms with van der Waals surface area (Å²) < 4.78 is 0. The van der Waals surface area contributed by atoms with Crippen LogP contribution in [0.4, 0.5) is 5.69 Å². The van der Waals surface area contributed by atoms with Crippen molar-refractivity contribution in [2.45, 2.75) is 43.5 Å². The van der Waals surface area contributed by atoms with E-state index in [1.807, 2.05) is 11.0 Å². The van der Waals surface area contributed by atoms with Crippen molar-refractivity contribution in [3.8, 4) is 0 Å². The molecule has 122 valence electrons. The molecular formula is C17H19ClN2O2S. The van der Waals surface area contributed by atoms with Gasteiger partial charge < -0.3 is 10.2 Å². The van der Waals surface area contributed by atoms with Crippen LogP contribution in [-0.4, -0.2) is 29.3 Å². The van der Waals surface area contributed by atoms with Crippen molar-refractivity contribution >= 4 is 40.9 Å². The summed E-state index contributed by atoms with van der Waals surface area (Å²) in [5.74, 6) is -0.310. The highest BCUT2D eigenvalue weighted by atomic mass is 35.5. The predicted molar refractivity (Wildman–Crippen MR) is 93.7 cm³/mol. The van der Waals surface area contributed by atoms with Crippen LogP contribution in [0.2, 0.25) is 5.02 Å². The number of fused-ring (bicyclic) bond motifs is 1. The molecule has 3 rings (SSSR count). The van der Waals surface area contributed by atoms with Gasteiger partial charge in [0, 0.05) is 28.6 Å². The van der Waals surface area contributed by atoms with E-state index in [1.165, 1.54) is 24.3 Å². The highest BCUT2D eigenvalue weighted by Crippen LogP contribution is 2.39. The third-order valence-electron chi connectivity index (χ3n) is 4.27. The Balaban J connectivity index is 1.80. The van der Waals surface area contributed by atoms with Crippen molar-refractivity contribution < 1.29 is 9.59 Å². The molecule has 1 N–H and O–H groups in total. The highest BCUT2D eigenvalue weighted by Gasteiger charge is 2.27. The number of hydrogen-bond acceptors (Lipinski definition) is 3. The predicted octanol–water partition coefficient (Wildman–Crippen LogP) is 4.06. The second-order valence-electron chi connectivity index (χ2n) is 5.79. The molecule has 0 bridgehead atoms. The molecule has 2 amide bonds. The normalized spacial score (nSPS) is 22.7. The fourth-order valence-electron chi connectivity index (χ4n) is 3.04. The van der Waals surface area contributed by atoms with Crippen molar-refractivity contribution in [1.82, 2.24) is 4.90 Å². The molecule has 1 saturated heterocycles. The summed E-state index contributed by atoms with van der Waals surface area (Å²) in [6, 6.07) is 5.64. The molecule has 1 aromatic carbocycles. The molecule has 6 heteroatoms. The SMILES string of the molecule is CCC1CCCCN1C(=O)/C=C1/Sc2ccc(Cl)cc2NC1=O. The lowest BCUT2D eigenvalue weighted by Gasteiger charge is -2.34. The molecule has 0 saturated carbocycles. The van der Waals surface area contributed by atoms with Crippen molar-refractivity contribution in [1.29, 1.82) is 0 Å². The molecule has 2 heterocycles. The van der Waals surface area contributed by atoms with Crippen LogP contribution in [0.15, 0.2) is 34.1 Å². The van der Waals surface area contributed by atoms with Gasteiger partial charge in [0.1, 0.15) is 0 Å². The standard InChI is InChI=1S/C17H19ClN2O2S/c1-2-12-5-3-4-8-20(12)16(21)10-15-17(22)19-13-9-11(18)6-7-14(13)23-15/h6-7,9-10,12H,2-5,8H2,1H3,(H,19,22)/b15-10+. The quantitative estimate of drug-likeness (QED) is 0.818. The van der Waals surface area contributed by atoms with Gasteiger partial charge >= 0.3 is 0 Å². The molecule has 1 aromatic rings. The Morgan fingerprint density at radius 3 is 3.09 bits per heavy atom. The average molecular weight is 351 g/mol. The maximum Gasteiger partial charge on any atom is 0.262 e. The number of nitrogens with zero attached hydrogens (tertiary/aromatic N) is 1. The molecule has 0 spiro atoms. The summed E-state index contributed by atoms with van der Waals surface area (Å²) in [5.41, 5.74) is 0.696. The van der Waals surface area contributed by atoms with Crippen LogP contribution < -0.4 is 5.32 Å². The summed E-state index contributed by atoms with van der Waals surface area (Å²) in [6.07, 6.45) is 5.68. The van der Waals surface area contributed by atoms with Gasteiger partial charge in [0.15, 0.2) is 0 Å². The second kappa shape index (κ2) is 6.97. The van der Waals surface area contributed by atoms with Gasteiger partial charge in [0.25, 0.3) is 5.91 Å². The minimum atomic E-state index is -0.247. The first kappa shape index (κ1) is 16.4. The van der Waals surface area contributed by atoms with Crippen LogP contribution in [-0.2, 0) is 9.59 Å².